The van der Waals surface area contributed by atoms with Crippen molar-refractivity contribution in [2.75, 3.05) is 0 Å². The van der Waals surface area contributed by atoms with E-state index in [4.69, 9.17) is 4.74 Å². The number of aromatic nitrogens is 1. The van der Waals surface area contributed by atoms with Crippen molar-refractivity contribution in [3.8, 4) is 0 Å². The number of benzene rings is 1. The van der Waals surface area contributed by atoms with Crippen molar-refractivity contribution in [1.82, 2.24) is 4.98 Å². The highest BCUT2D eigenvalue weighted by atomic mass is 19.1. The van der Waals surface area contributed by atoms with Crippen LogP contribution in [-0.4, -0.2) is 28.6 Å². The zero-order chi connectivity index (χ0) is 18.9. The molecular formula is C18H17F2NO4. The fraction of sp³-hybridized carbons (Fsp3) is 0.278. The van der Waals surface area contributed by atoms with E-state index in [9.17, 15) is 23.2 Å². The van der Waals surface area contributed by atoms with Gasteiger partial charge in [-0.25, -0.2) is 13.6 Å². The number of nitrogens with one attached hydrogen (secondary N) is 1. The zero-order valence-electron chi connectivity index (χ0n) is 14.2. The fourth-order valence-electron chi connectivity index (χ4n) is 2.68. The van der Waals surface area contributed by atoms with Crippen molar-refractivity contribution in [2.45, 2.75) is 33.8 Å². The molecule has 0 unspecified atom stereocenters. The predicted octanol–water partition coefficient (Wildman–Crippen LogP) is 3.54. The van der Waals surface area contributed by atoms with Crippen LogP contribution in [-0.2, 0) is 4.74 Å². The van der Waals surface area contributed by atoms with Crippen molar-refractivity contribution in [2.24, 2.45) is 0 Å². The second-order valence-electron chi connectivity index (χ2n) is 5.75. The molecule has 5 nitrogen and oxygen atoms in total. The van der Waals surface area contributed by atoms with Crippen LogP contribution in [0.15, 0.2) is 18.2 Å². The summed E-state index contributed by atoms with van der Waals surface area (Å²) >= 11 is 0. The second-order valence-corrected chi connectivity index (χ2v) is 5.75. The lowest BCUT2D eigenvalue weighted by Gasteiger charge is -2.12. The highest BCUT2D eigenvalue weighted by molar-refractivity contribution is 6.05. The van der Waals surface area contributed by atoms with Gasteiger partial charge in [-0.05, 0) is 45.4 Å². The van der Waals surface area contributed by atoms with Crippen molar-refractivity contribution < 1.29 is 27.9 Å². The van der Waals surface area contributed by atoms with Crippen LogP contribution in [0.2, 0.25) is 0 Å². The van der Waals surface area contributed by atoms with Gasteiger partial charge in [0, 0.05) is 17.3 Å². The summed E-state index contributed by atoms with van der Waals surface area (Å²) in [6, 6.07) is 2.26. The van der Waals surface area contributed by atoms with E-state index in [0.717, 1.165) is 12.1 Å². The molecule has 0 aliphatic heterocycles. The number of ether oxygens (including phenoxy) is 1. The van der Waals surface area contributed by atoms with Crippen LogP contribution < -0.4 is 0 Å². The topological polar surface area (TPSA) is 76.2 Å². The molecular weight excluding hydrogens is 332 g/mol. The Morgan fingerprint density at radius 3 is 2.12 bits per heavy atom. The first kappa shape index (κ1) is 18.5. The standard InChI is InChI=1S/C18H17F2NO4/c1-8-15(10(3)22)9(2)21-16(8)17(23)11(4)25-18(24)12-5-13(19)7-14(20)6-12/h5-7,11,21H,1-4H3/t11-/m0/s1. The molecule has 132 valence electrons. The van der Waals surface area contributed by atoms with Crippen LogP contribution in [0.4, 0.5) is 8.78 Å². The maximum absolute atomic E-state index is 13.2. The summed E-state index contributed by atoms with van der Waals surface area (Å²) in [6.45, 7) is 6.01. The SMILES string of the molecule is CC(=O)c1c(C)[nH]c(C(=O)[C@H](C)OC(=O)c2cc(F)cc(F)c2)c1C. The molecule has 1 aromatic carbocycles. The van der Waals surface area contributed by atoms with Crippen LogP contribution in [0.1, 0.15) is 56.3 Å². The average Bonchev–Trinajstić information content (AvgIpc) is 2.80. The first-order valence-corrected chi connectivity index (χ1v) is 7.53. The molecule has 0 amide bonds. The molecule has 0 fully saturated rings. The Hall–Kier alpha value is -2.83. The number of ketones is 2. The number of hydrogen-bond donors (Lipinski definition) is 1. The lowest BCUT2D eigenvalue weighted by Crippen LogP contribution is -2.25. The largest absolute Gasteiger partial charge is 0.451 e. The maximum Gasteiger partial charge on any atom is 0.339 e. The number of aromatic amines is 1. The number of carbonyl (C=O) groups is 3. The van der Waals surface area contributed by atoms with Gasteiger partial charge in [-0.3, -0.25) is 9.59 Å². The highest BCUT2D eigenvalue weighted by Crippen LogP contribution is 2.21. The van der Waals surface area contributed by atoms with Gasteiger partial charge in [-0.2, -0.15) is 0 Å². The third-order valence-electron chi connectivity index (χ3n) is 3.79. The molecule has 0 saturated carbocycles. The minimum Gasteiger partial charge on any atom is -0.451 e. The summed E-state index contributed by atoms with van der Waals surface area (Å²) in [4.78, 5) is 38.9. The van der Waals surface area contributed by atoms with E-state index in [2.05, 4.69) is 4.98 Å². The summed E-state index contributed by atoms with van der Waals surface area (Å²) in [6.07, 6.45) is -1.20. The number of esters is 1. The van der Waals surface area contributed by atoms with E-state index >= 15 is 0 Å². The van der Waals surface area contributed by atoms with Gasteiger partial charge < -0.3 is 9.72 Å². The fourth-order valence-corrected chi connectivity index (χ4v) is 2.68. The number of Topliss-reactive ketones (excluding diaryl/α,β-unsaturated/α-hetero) is 2. The van der Waals surface area contributed by atoms with Gasteiger partial charge in [0.15, 0.2) is 11.9 Å². The summed E-state index contributed by atoms with van der Waals surface area (Å²) in [5.74, 6) is -3.60. The van der Waals surface area contributed by atoms with Crippen LogP contribution in [0.25, 0.3) is 0 Å². The Morgan fingerprint density at radius 2 is 1.64 bits per heavy atom. The third kappa shape index (κ3) is 3.81. The first-order valence-electron chi connectivity index (χ1n) is 7.53. The van der Waals surface area contributed by atoms with Crippen molar-refractivity contribution >= 4 is 17.5 Å². The maximum atomic E-state index is 13.2. The van der Waals surface area contributed by atoms with Gasteiger partial charge in [-0.15, -0.1) is 0 Å². The van der Waals surface area contributed by atoms with Gasteiger partial charge >= 0.3 is 5.97 Å². The van der Waals surface area contributed by atoms with Crippen LogP contribution in [0.3, 0.4) is 0 Å². The first-order chi connectivity index (χ1) is 11.6. The molecule has 0 radical (unpaired) electrons. The molecule has 1 atom stereocenters. The van der Waals surface area contributed by atoms with E-state index in [1.165, 1.54) is 13.8 Å². The number of hydrogen-bond acceptors (Lipinski definition) is 4. The predicted molar refractivity (Wildman–Crippen MR) is 85.8 cm³/mol. The summed E-state index contributed by atoms with van der Waals surface area (Å²) < 4.78 is 31.3. The summed E-state index contributed by atoms with van der Waals surface area (Å²) in [5.41, 5.74) is 1.25. The molecule has 7 heteroatoms. The number of aryl methyl sites for hydroxylation is 1. The van der Waals surface area contributed by atoms with Crippen molar-refractivity contribution in [3.05, 3.63) is 57.9 Å². The van der Waals surface area contributed by atoms with E-state index in [1.807, 2.05) is 0 Å². The second kappa shape index (κ2) is 6.96. The van der Waals surface area contributed by atoms with Gasteiger partial charge in [0.1, 0.15) is 11.6 Å². The molecule has 25 heavy (non-hydrogen) atoms. The Morgan fingerprint density at radius 1 is 1.08 bits per heavy atom. The molecule has 0 spiro atoms. The Bertz CT molecular complexity index is 850. The molecule has 2 aromatic rings. The molecule has 1 aromatic heterocycles. The monoisotopic (exact) mass is 349 g/mol. The lowest BCUT2D eigenvalue weighted by atomic mass is 10.0. The van der Waals surface area contributed by atoms with Gasteiger partial charge in [0.2, 0.25) is 5.78 Å². The minimum absolute atomic E-state index is 0.161. The molecule has 0 saturated heterocycles. The average molecular weight is 349 g/mol. The van der Waals surface area contributed by atoms with Gasteiger partial charge in [0.05, 0.1) is 11.3 Å². The molecule has 1 N–H and O–H groups in total. The molecule has 2 rings (SSSR count). The van der Waals surface area contributed by atoms with Gasteiger partial charge in [-0.1, -0.05) is 0 Å². The quantitative estimate of drug-likeness (QED) is 0.662. The normalized spacial score (nSPS) is 11.9. The highest BCUT2D eigenvalue weighted by Gasteiger charge is 2.26. The van der Waals surface area contributed by atoms with Crippen LogP contribution in [0, 0.1) is 25.5 Å². The number of halogens is 2. The Balaban J connectivity index is 2.22. The van der Waals surface area contributed by atoms with E-state index < -0.39 is 29.5 Å². The van der Waals surface area contributed by atoms with E-state index in [-0.39, 0.29) is 17.0 Å². The summed E-state index contributed by atoms with van der Waals surface area (Å²) in [5, 5.41) is 0. The zero-order valence-corrected chi connectivity index (χ0v) is 14.2. The van der Waals surface area contributed by atoms with Gasteiger partial charge in [0.25, 0.3) is 0 Å². The smallest absolute Gasteiger partial charge is 0.339 e. The van der Waals surface area contributed by atoms with E-state index in [0.29, 0.717) is 22.9 Å². The molecule has 0 aliphatic rings. The Kier molecular flexibility index (Phi) is 5.15. The van der Waals surface area contributed by atoms with Crippen molar-refractivity contribution in [1.29, 1.82) is 0 Å². The number of rotatable bonds is 5. The van der Waals surface area contributed by atoms with Crippen molar-refractivity contribution in [3.63, 3.8) is 0 Å². The van der Waals surface area contributed by atoms with E-state index in [1.54, 1.807) is 13.8 Å². The summed E-state index contributed by atoms with van der Waals surface area (Å²) in [7, 11) is 0. The number of H-pyrrole nitrogens is 1. The molecule has 0 aliphatic carbocycles. The Labute approximate surface area is 143 Å². The minimum atomic E-state index is -1.20. The van der Waals surface area contributed by atoms with Crippen LogP contribution >= 0.6 is 0 Å². The van der Waals surface area contributed by atoms with Crippen LogP contribution in [0.5, 0.6) is 0 Å². The lowest BCUT2D eigenvalue weighted by molar-refractivity contribution is 0.0316. The molecule has 0 bridgehead atoms. The third-order valence-corrected chi connectivity index (χ3v) is 3.79. The number of carbonyl (C=O) groups excluding carboxylic acids is 3. The molecule has 1 heterocycles.